The van der Waals surface area contributed by atoms with Gasteiger partial charge in [-0.05, 0) is 45.8 Å². The maximum Gasteiger partial charge on any atom is 0.0478 e. The van der Waals surface area contributed by atoms with Crippen LogP contribution >= 0.6 is 0 Å². The van der Waals surface area contributed by atoms with Crippen LogP contribution in [0.15, 0.2) is 0 Å². The van der Waals surface area contributed by atoms with Crippen LogP contribution in [-0.4, -0.2) is 38.8 Å². The molecule has 0 aliphatic heterocycles. The molecule has 0 radical (unpaired) electrons. The normalized spacial score (nSPS) is 11.5. The zero-order chi connectivity index (χ0) is 10.1. The van der Waals surface area contributed by atoms with Crippen LogP contribution in [0.3, 0.4) is 0 Å². The minimum Gasteiger partial charge on any atom is -0.381 e. The van der Waals surface area contributed by atoms with Crippen LogP contribution in [0, 0.1) is 5.92 Å². The molecule has 0 amide bonds. The molecule has 0 bridgehead atoms. The minimum absolute atomic E-state index is 0.811. The smallest absolute Gasteiger partial charge is 0.0478 e. The summed E-state index contributed by atoms with van der Waals surface area (Å²) in [7, 11) is 4.19. The Morgan fingerprint density at radius 2 is 1.69 bits per heavy atom. The molecule has 0 fully saturated rings. The number of ether oxygens (including phenoxy) is 1. The van der Waals surface area contributed by atoms with Crippen LogP contribution in [0.4, 0.5) is 0 Å². The molecule has 0 aliphatic carbocycles. The van der Waals surface area contributed by atoms with E-state index in [1.165, 1.54) is 12.8 Å². The summed E-state index contributed by atoms with van der Waals surface area (Å²) in [6.45, 7) is 7.49. The molecule has 0 unspecified atom stereocenters. The fraction of sp³-hybridized carbons (Fsp3) is 1.00. The number of rotatable bonds is 8. The number of hydrogen-bond donors (Lipinski definition) is 0. The Bertz CT molecular complexity index is 90.3. The van der Waals surface area contributed by atoms with Gasteiger partial charge in [-0.2, -0.15) is 0 Å². The Morgan fingerprint density at radius 1 is 1.08 bits per heavy atom. The summed E-state index contributed by atoms with van der Waals surface area (Å²) in [5, 5.41) is 0. The molecule has 0 aromatic carbocycles. The van der Waals surface area contributed by atoms with Crippen LogP contribution in [0.1, 0.15) is 33.1 Å². The SMILES string of the molecule is CC(C)CCCOCCCN(C)C. The van der Waals surface area contributed by atoms with Crippen molar-refractivity contribution in [2.24, 2.45) is 5.92 Å². The lowest BCUT2D eigenvalue weighted by atomic mass is 10.1. The minimum atomic E-state index is 0.811. The molecule has 0 saturated heterocycles. The Labute approximate surface area is 83.3 Å². The highest BCUT2D eigenvalue weighted by atomic mass is 16.5. The molecule has 0 atom stereocenters. The van der Waals surface area contributed by atoms with Crippen molar-refractivity contribution >= 4 is 0 Å². The van der Waals surface area contributed by atoms with E-state index in [0.717, 1.165) is 32.1 Å². The summed E-state index contributed by atoms with van der Waals surface area (Å²) in [6, 6.07) is 0. The molecular formula is C11H25NO. The first-order chi connectivity index (χ1) is 6.13. The Kier molecular flexibility index (Phi) is 8.46. The third kappa shape index (κ3) is 11.9. The Morgan fingerprint density at radius 3 is 2.23 bits per heavy atom. The van der Waals surface area contributed by atoms with Gasteiger partial charge in [0.15, 0.2) is 0 Å². The number of hydrogen-bond acceptors (Lipinski definition) is 2. The van der Waals surface area contributed by atoms with Crippen LogP contribution in [0.25, 0.3) is 0 Å². The Hall–Kier alpha value is -0.0800. The maximum absolute atomic E-state index is 5.51. The van der Waals surface area contributed by atoms with E-state index in [9.17, 15) is 0 Å². The van der Waals surface area contributed by atoms with Gasteiger partial charge in [0.25, 0.3) is 0 Å². The molecule has 80 valence electrons. The average Bonchev–Trinajstić information content (AvgIpc) is 2.01. The molecule has 2 heteroatoms. The average molecular weight is 187 g/mol. The third-order valence-corrected chi connectivity index (χ3v) is 1.96. The van der Waals surface area contributed by atoms with Gasteiger partial charge in [-0.1, -0.05) is 13.8 Å². The molecule has 0 aromatic rings. The van der Waals surface area contributed by atoms with Crippen LogP contribution < -0.4 is 0 Å². The first-order valence-corrected chi connectivity index (χ1v) is 5.35. The van der Waals surface area contributed by atoms with E-state index in [0.29, 0.717) is 0 Å². The standard InChI is InChI=1S/C11H25NO/c1-11(2)7-5-9-13-10-6-8-12(3)4/h11H,5-10H2,1-4H3. The molecule has 0 N–H and O–H groups in total. The maximum atomic E-state index is 5.51. The fourth-order valence-electron chi connectivity index (χ4n) is 1.18. The van der Waals surface area contributed by atoms with Crippen molar-refractivity contribution in [1.29, 1.82) is 0 Å². The molecule has 0 aromatic heterocycles. The quantitative estimate of drug-likeness (QED) is 0.541. The lowest BCUT2D eigenvalue weighted by Gasteiger charge is -2.09. The van der Waals surface area contributed by atoms with Gasteiger partial charge in [0, 0.05) is 13.2 Å². The lowest BCUT2D eigenvalue weighted by molar-refractivity contribution is 0.120. The second-order valence-electron chi connectivity index (χ2n) is 4.31. The molecule has 2 nitrogen and oxygen atoms in total. The first kappa shape index (κ1) is 12.9. The molecule has 0 spiro atoms. The fourth-order valence-corrected chi connectivity index (χ4v) is 1.18. The summed E-state index contributed by atoms with van der Waals surface area (Å²) >= 11 is 0. The summed E-state index contributed by atoms with van der Waals surface area (Å²) in [5.41, 5.74) is 0. The molecule has 0 heterocycles. The highest BCUT2D eigenvalue weighted by molar-refractivity contribution is 4.46. The van der Waals surface area contributed by atoms with Crippen LogP contribution in [-0.2, 0) is 4.74 Å². The van der Waals surface area contributed by atoms with Crippen molar-refractivity contribution in [3.8, 4) is 0 Å². The molecule has 0 rings (SSSR count). The van der Waals surface area contributed by atoms with Crippen LogP contribution in [0.2, 0.25) is 0 Å². The zero-order valence-electron chi connectivity index (χ0n) is 9.68. The van der Waals surface area contributed by atoms with E-state index in [2.05, 4.69) is 32.8 Å². The third-order valence-electron chi connectivity index (χ3n) is 1.96. The first-order valence-electron chi connectivity index (χ1n) is 5.35. The second kappa shape index (κ2) is 8.52. The van der Waals surface area contributed by atoms with Gasteiger partial charge in [-0.3, -0.25) is 0 Å². The van der Waals surface area contributed by atoms with Crippen molar-refractivity contribution < 1.29 is 4.74 Å². The van der Waals surface area contributed by atoms with E-state index in [1.54, 1.807) is 0 Å². The summed E-state index contributed by atoms with van der Waals surface area (Å²) in [6.07, 6.45) is 3.64. The highest BCUT2D eigenvalue weighted by Crippen LogP contribution is 2.03. The van der Waals surface area contributed by atoms with Crippen molar-refractivity contribution in [1.82, 2.24) is 4.90 Å². The van der Waals surface area contributed by atoms with E-state index < -0.39 is 0 Å². The van der Waals surface area contributed by atoms with Crippen molar-refractivity contribution in [3.63, 3.8) is 0 Å². The van der Waals surface area contributed by atoms with Gasteiger partial charge in [0.1, 0.15) is 0 Å². The van der Waals surface area contributed by atoms with Crippen molar-refractivity contribution in [3.05, 3.63) is 0 Å². The highest BCUT2D eigenvalue weighted by Gasteiger charge is 1.94. The summed E-state index contributed by atoms with van der Waals surface area (Å²) in [4.78, 5) is 2.19. The van der Waals surface area contributed by atoms with E-state index in [-0.39, 0.29) is 0 Å². The van der Waals surface area contributed by atoms with E-state index in [4.69, 9.17) is 4.74 Å². The second-order valence-corrected chi connectivity index (χ2v) is 4.31. The number of nitrogens with zero attached hydrogens (tertiary/aromatic N) is 1. The monoisotopic (exact) mass is 187 g/mol. The Balaban J connectivity index is 2.92. The topological polar surface area (TPSA) is 12.5 Å². The van der Waals surface area contributed by atoms with Gasteiger partial charge in [-0.25, -0.2) is 0 Å². The van der Waals surface area contributed by atoms with Crippen LogP contribution in [0.5, 0.6) is 0 Å². The van der Waals surface area contributed by atoms with Crippen molar-refractivity contribution in [2.45, 2.75) is 33.1 Å². The van der Waals surface area contributed by atoms with Gasteiger partial charge < -0.3 is 9.64 Å². The molecular weight excluding hydrogens is 162 g/mol. The van der Waals surface area contributed by atoms with E-state index in [1.807, 2.05) is 0 Å². The molecule has 0 saturated carbocycles. The van der Waals surface area contributed by atoms with Gasteiger partial charge in [0.2, 0.25) is 0 Å². The predicted molar refractivity (Wildman–Crippen MR) is 58.1 cm³/mol. The van der Waals surface area contributed by atoms with Gasteiger partial charge >= 0.3 is 0 Å². The molecule has 13 heavy (non-hydrogen) atoms. The lowest BCUT2D eigenvalue weighted by Crippen LogP contribution is -2.15. The van der Waals surface area contributed by atoms with Gasteiger partial charge in [-0.15, -0.1) is 0 Å². The summed E-state index contributed by atoms with van der Waals surface area (Å²) < 4.78 is 5.51. The summed E-state index contributed by atoms with van der Waals surface area (Å²) in [5.74, 6) is 0.811. The zero-order valence-corrected chi connectivity index (χ0v) is 9.68. The van der Waals surface area contributed by atoms with Crippen molar-refractivity contribution in [2.75, 3.05) is 33.9 Å². The van der Waals surface area contributed by atoms with Gasteiger partial charge in [0.05, 0.1) is 0 Å². The largest absolute Gasteiger partial charge is 0.381 e. The predicted octanol–water partition coefficient (Wildman–Crippen LogP) is 2.39. The van der Waals surface area contributed by atoms with E-state index >= 15 is 0 Å². The molecule has 0 aliphatic rings.